The van der Waals surface area contributed by atoms with Gasteiger partial charge in [0.1, 0.15) is 0 Å². The van der Waals surface area contributed by atoms with Gasteiger partial charge in [0, 0.05) is 18.8 Å². The van der Waals surface area contributed by atoms with Crippen LogP contribution in [-0.2, 0) is 22.7 Å². The highest BCUT2D eigenvalue weighted by Gasteiger charge is 2.27. The summed E-state index contributed by atoms with van der Waals surface area (Å²) in [6, 6.07) is 15.5. The quantitative estimate of drug-likeness (QED) is 0.881. The molecule has 1 saturated heterocycles. The molecule has 1 N–H and O–H groups in total. The van der Waals surface area contributed by atoms with E-state index in [9.17, 15) is 13.2 Å². The van der Waals surface area contributed by atoms with Gasteiger partial charge < -0.3 is 10.2 Å². The third-order valence-corrected chi connectivity index (χ3v) is 7.35. The Morgan fingerprint density at radius 3 is 2.56 bits per heavy atom. The molecule has 27 heavy (non-hydrogen) atoms. The number of benzene rings is 2. The molecular weight excluding hydrogens is 360 g/mol. The SMILES string of the molecule is O=C(Nc1ccc2c(c1)S(=O)(=O)CC2)N1CCC(Cc2ccccc2)CC1. The summed E-state index contributed by atoms with van der Waals surface area (Å²) in [5.74, 6) is 0.760. The van der Waals surface area contributed by atoms with Crippen LogP contribution in [0.5, 0.6) is 0 Å². The Hall–Kier alpha value is -2.34. The second-order valence-corrected chi connectivity index (χ2v) is 9.52. The van der Waals surface area contributed by atoms with E-state index in [0.717, 1.165) is 37.9 Å². The van der Waals surface area contributed by atoms with Crippen LogP contribution < -0.4 is 5.32 Å². The van der Waals surface area contributed by atoms with Crippen molar-refractivity contribution in [3.63, 3.8) is 0 Å². The number of rotatable bonds is 3. The van der Waals surface area contributed by atoms with Gasteiger partial charge in [-0.15, -0.1) is 0 Å². The van der Waals surface area contributed by atoms with Crippen molar-refractivity contribution in [2.24, 2.45) is 5.92 Å². The van der Waals surface area contributed by atoms with E-state index in [1.807, 2.05) is 17.0 Å². The molecule has 0 atom stereocenters. The fourth-order valence-electron chi connectivity index (χ4n) is 3.97. The summed E-state index contributed by atoms with van der Waals surface area (Å²) in [6.07, 6.45) is 3.58. The van der Waals surface area contributed by atoms with Crippen molar-refractivity contribution >= 4 is 21.6 Å². The second-order valence-electron chi connectivity index (χ2n) is 7.44. The smallest absolute Gasteiger partial charge is 0.321 e. The summed E-state index contributed by atoms with van der Waals surface area (Å²) in [5.41, 5.74) is 2.74. The maximum atomic E-state index is 12.6. The van der Waals surface area contributed by atoms with Crippen LogP contribution >= 0.6 is 0 Å². The number of likely N-dealkylation sites (tertiary alicyclic amines) is 1. The third-order valence-electron chi connectivity index (χ3n) is 5.56. The first kappa shape index (κ1) is 18.0. The number of sulfone groups is 1. The van der Waals surface area contributed by atoms with Crippen molar-refractivity contribution in [2.45, 2.75) is 30.6 Å². The molecule has 5 nitrogen and oxygen atoms in total. The van der Waals surface area contributed by atoms with Crippen LogP contribution in [0.3, 0.4) is 0 Å². The van der Waals surface area contributed by atoms with Crippen molar-refractivity contribution in [3.05, 3.63) is 59.7 Å². The Balaban J connectivity index is 1.34. The molecule has 0 unspecified atom stereocenters. The highest BCUT2D eigenvalue weighted by molar-refractivity contribution is 7.91. The predicted molar refractivity (Wildman–Crippen MR) is 106 cm³/mol. The maximum absolute atomic E-state index is 12.6. The lowest BCUT2D eigenvalue weighted by atomic mass is 9.90. The standard InChI is InChI=1S/C21H24N2O3S/c24-21(22-19-7-6-18-10-13-27(25,26)20(18)15-19)23-11-8-17(9-12-23)14-16-4-2-1-3-5-16/h1-7,15,17H,8-14H2,(H,22,24). The topological polar surface area (TPSA) is 66.5 Å². The molecule has 0 aromatic heterocycles. The van der Waals surface area contributed by atoms with Crippen LogP contribution in [0.1, 0.15) is 24.0 Å². The van der Waals surface area contributed by atoms with E-state index >= 15 is 0 Å². The number of aryl methyl sites for hydroxylation is 1. The summed E-state index contributed by atoms with van der Waals surface area (Å²) >= 11 is 0. The molecule has 2 aliphatic heterocycles. The van der Waals surface area contributed by atoms with E-state index < -0.39 is 9.84 Å². The fourth-order valence-corrected chi connectivity index (χ4v) is 5.56. The molecule has 2 aromatic carbocycles. The summed E-state index contributed by atoms with van der Waals surface area (Å²) < 4.78 is 24.1. The molecule has 1 fully saturated rings. The Bertz CT molecular complexity index is 933. The highest BCUT2D eigenvalue weighted by atomic mass is 32.2. The largest absolute Gasteiger partial charge is 0.325 e. The monoisotopic (exact) mass is 384 g/mol. The lowest BCUT2D eigenvalue weighted by molar-refractivity contribution is 0.182. The van der Waals surface area contributed by atoms with Crippen LogP contribution in [0.2, 0.25) is 0 Å². The molecule has 2 heterocycles. The summed E-state index contributed by atoms with van der Waals surface area (Å²) in [6.45, 7) is 1.46. The molecule has 0 saturated carbocycles. The number of carbonyl (C=O) groups is 1. The number of urea groups is 1. The lowest BCUT2D eigenvalue weighted by Crippen LogP contribution is -2.41. The van der Waals surface area contributed by atoms with Crippen molar-refractivity contribution in [2.75, 3.05) is 24.2 Å². The Kier molecular flexibility index (Phi) is 4.91. The number of carbonyl (C=O) groups excluding carboxylic acids is 1. The number of hydrogen-bond acceptors (Lipinski definition) is 3. The van der Waals surface area contributed by atoms with Crippen LogP contribution in [-0.4, -0.2) is 38.2 Å². The van der Waals surface area contributed by atoms with Gasteiger partial charge in [0.2, 0.25) is 0 Å². The fraction of sp³-hybridized carbons (Fsp3) is 0.381. The van der Waals surface area contributed by atoms with Crippen LogP contribution in [0, 0.1) is 5.92 Å². The molecular formula is C21H24N2O3S. The van der Waals surface area contributed by atoms with Gasteiger partial charge in [0.25, 0.3) is 0 Å². The molecule has 4 rings (SSSR count). The Labute approximate surface area is 160 Å². The minimum absolute atomic E-state index is 0.150. The third kappa shape index (κ3) is 4.00. The number of nitrogens with one attached hydrogen (secondary N) is 1. The number of fused-ring (bicyclic) bond motifs is 1. The van der Waals surface area contributed by atoms with E-state index in [1.54, 1.807) is 12.1 Å². The molecule has 2 amide bonds. The normalized spacial score (nSPS) is 18.9. The first-order valence-corrected chi connectivity index (χ1v) is 11.1. The molecule has 0 bridgehead atoms. The van der Waals surface area contributed by atoms with Gasteiger partial charge in [-0.3, -0.25) is 0 Å². The number of anilines is 1. The Morgan fingerprint density at radius 2 is 1.81 bits per heavy atom. The molecule has 0 aliphatic carbocycles. The number of nitrogens with zero attached hydrogens (tertiary/aromatic N) is 1. The zero-order valence-corrected chi connectivity index (χ0v) is 16.0. The summed E-state index contributed by atoms with van der Waals surface area (Å²) in [5, 5.41) is 2.87. The lowest BCUT2D eigenvalue weighted by Gasteiger charge is -2.32. The Morgan fingerprint density at radius 1 is 1.07 bits per heavy atom. The van der Waals surface area contributed by atoms with Crippen molar-refractivity contribution in [3.8, 4) is 0 Å². The average molecular weight is 385 g/mol. The average Bonchev–Trinajstić information content (AvgIpc) is 2.98. The van der Waals surface area contributed by atoms with E-state index in [0.29, 0.717) is 22.9 Å². The van der Waals surface area contributed by atoms with Gasteiger partial charge in [-0.2, -0.15) is 0 Å². The van der Waals surface area contributed by atoms with Gasteiger partial charge in [-0.05, 0) is 54.9 Å². The molecule has 2 aromatic rings. The minimum atomic E-state index is -3.19. The number of amides is 2. The molecule has 0 spiro atoms. The predicted octanol–water partition coefficient (Wildman–Crippen LogP) is 3.50. The van der Waals surface area contributed by atoms with Crippen LogP contribution in [0.4, 0.5) is 10.5 Å². The molecule has 142 valence electrons. The zero-order chi connectivity index (χ0) is 18.9. The van der Waals surface area contributed by atoms with Crippen molar-refractivity contribution in [1.29, 1.82) is 0 Å². The summed E-state index contributed by atoms with van der Waals surface area (Å²) in [7, 11) is -3.19. The minimum Gasteiger partial charge on any atom is -0.325 e. The van der Waals surface area contributed by atoms with E-state index in [-0.39, 0.29) is 11.8 Å². The zero-order valence-electron chi connectivity index (χ0n) is 15.2. The highest BCUT2D eigenvalue weighted by Crippen LogP contribution is 2.29. The first-order valence-electron chi connectivity index (χ1n) is 9.47. The van der Waals surface area contributed by atoms with E-state index in [4.69, 9.17) is 0 Å². The maximum Gasteiger partial charge on any atom is 0.321 e. The van der Waals surface area contributed by atoms with E-state index in [1.165, 1.54) is 5.56 Å². The van der Waals surface area contributed by atoms with Gasteiger partial charge >= 0.3 is 6.03 Å². The number of hydrogen-bond donors (Lipinski definition) is 1. The molecule has 2 aliphatic rings. The molecule has 6 heteroatoms. The van der Waals surface area contributed by atoms with E-state index in [2.05, 4.69) is 29.6 Å². The van der Waals surface area contributed by atoms with Gasteiger partial charge in [-0.25, -0.2) is 13.2 Å². The van der Waals surface area contributed by atoms with Crippen LogP contribution in [0.25, 0.3) is 0 Å². The van der Waals surface area contributed by atoms with Crippen molar-refractivity contribution < 1.29 is 13.2 Å². The second kappa shape index (κ2) is 7.35. The van der Waals surface area contributed by atoms with Gasteiger partial charge in [0.05, 0.1) is 10.6 Å². The van der Waals surface area contributed by atoms with Gasteiger partial charge in [-0.1, -0.05) is 36.4 Å². The van der Waals surface area contributed by atoms with Gasteiger partial charge in [0.15, 0.2) is 9.84 Å². The first-order chi connectivity index (χ1) is 13.0. The van der Waals surface area contributed by atoms with Crippen molar-refractivity contribution in [1.82, 2.24) is 4.90 Å². The molecule has 0 radical (unpaired) electrons. The van der Waals surface area contributed by atoms with Crippen LogP contribution in [0.15, 0.2) is 53.4 Å². The summed E-state index contributed by atoms with van der Waals surface area (Å²) in [4.78, 5) is 14.7. The number of piperidine rings is 1.